The van der Waals surface area contributed by atoms with Gasteiger partial charge in [-0.25, -0.2) is 13.1 Å². The first-order valence-electron chi connectivity index (χ1n) is 7.45. The van der Waals surface area contributed by atoms with Gasteiger partial charge < -0.3 is 5.32 Å². The number of hydrogen-bond donors (Lipinski definition) is 2. The zero-order chi connectivity index (χ0) is 17.1. The van der Waals surface area contributed by atoms with Crippen molar-refractivity contribution < 1.29 is 21.6 Å². The number of nitrogens with one attached hydrogen (secondary N) is 2. The molecule has 1 aliphatic heterocycles. The van der Waals surface area contributed by atoms with Crippen molar-refractivity contribution in [3.8, 4) is 0 Å². The van der Waals surface area contributed by atoms with Gasteiger partial charge in [0, 0.05) is 6.54 Å². The fraction of sp³-hybridized carbons (Fsp3) is 0.600. The lowest BCUT2D eigenvalue weighted by atomic mass is 9.81. The molecule has 23 heavy (non-hydrogen) atoms. The highest BCUT2D eigenvalue weighted by molar-refractivity contribution is 7.88. The molecule has 0 bridgehead atoms. The molecule has 0 spiro atoms. The van der Waals surface area contributed by atoms with Gasteiger partial charge in [-0.05, 0) is 43.0 Å². The molecule has 2 rings (SSSR count). The summed E-state index contributed by atoms with van der Waals surface area (Å²) in [6.45, 7) is 3.86. The molecule has 4 nitrogen and oxygen atoms in total. The molecular weight excluding hydrogens is 329 g/mol. The molecule has 0 aromatic heterocycles. The first-order chi connectivity index (χ1) is 10.6. The van der Waals surface area contributed by atoms with Crippen LogP contribution in [0.5, 0.6) is 0 Å². The summed E-state index contributed by atoms with van der Waals surface area (Å²) in [4.78, 5) is 0. The quantitative estimate of drug-likeness (QED) is 0.858. The Balaban J connectivity index is 2.07. The minimum absolute atomic E-state index is 0.165. The van der Waals surface area contributed by atoms with E-state index in [9.17, 15) is 21.6 Å². The molecule has 1 saturated heterocycles. The first-order valence-corrected chi connectivity index (χ1v) is 9.10. The monoisotopic (exact) mass is 350 g/mol. The third kappa shape index (κ3) is 5.19. The van der Waals surface area contributed by atoms with Gasteiger partial charge >= 0.3 is 6.18 Å². The van der Waals surface area contributed by atoms with Crippen LogP contribution in [0.15, 0.2) is 24.3 Å². The summed E-state index contributed by atoms with van der Waals surface area (Å²) < 4.78 is 65.6. The summed E-state index contributed by atoms with van der Waals surface area (Å²) in [6, 6.07) is 4.77. The molecule has 1 fully saturated rings. The van der Waals surface area contributed by atoms with Crippen LogP contribution in [0.2, 0.25) is 0 Å². The molecule has 8 heteroatoms. The molecule has 0 unspecified atom stereocenters. The molecule has 0 saturated carbocycles. The van der Waals surface area contributed by atoms with E-state index < -0.39 is 27.5 Å². The smallest absolute Gasteiger partial charge is 0.317 e. The lowest BCUT2D eigenvalue weighted by molar-refractivity contribution is -0.138. The second-order valence-electron chi connectivity index (χ2n) is 6.30. The normalized spacial score (nSPS) is 18.8. The van der Waals surface area contributed by atoms with Crippen molar-refractivity contribution in [1.29, 1.82) is 0 Å². The largest absolute Gasteiger partial charge is 0.416 e. The topological polar surface area (TPSA) is 58.2 Å². The molecule has 0 radical (unpaired) electrons. The van der Waals surface area contributed by atoms with Gasteiger partial charge in [0.05, 0.1) is 11.3 Å². The van der Waals surface area contributed by atoms with Crippen molar-refractivity contribution in [2.45, 2.75) is 31.7 Å². The Morgan fingerprint density at radius 2 is 1.83 bits per heavy atom. The fourth-order valence-electron chi connectivity index (χ4n) is 2.67. The van der Waals surface area contributed by atoms with E-state index in [1.165, 1.54) is 18.2 Å². The molecule has 1 aromatic rings. The highest BCUT2D eigenvalue weighted by Gasteiger charge is 2.34. The van der Waals surface area contributed by atoms with Gasteiger partial charge in [0.2, 0.25) is 10.0 Å². The van der Waals surface area contributed by atoms with Crippen LogP contribution < -0.4 is 10.0 Å². The van der Waals surface area contributed by atoms with Crippen LogP contribution in [0.3, 0.4) is 0 Å². The summed E-state index contributed by atoms with van der Waals surface area (Å²) in [5.74, 6) is -0.670. The van der Waals surface area contributed by atoms with Gasteiger partial charge in [-0.2, -0.15) is 13.2 Å². The Kier molecular flexibility index (Phi) is 5.37. The molecular formula is C15H21F3N2O2S. The van der Waals surface area contributed by atoms with Gasteiger partial charge in [-0.1, -0.05) is 25.1 Å². The maximum atomic E-state index is 12.9. The van der Waals surface area contributed by atoms with E-state index in [-0.39, 0.29) is 17.5 Å². The predicted molar refractivity (Wildman–Crippen MR) is 82.3 cm³/mol. The molecule has 0 amide bonds. The predicted octanol–water partition coefficient (Wildman–Crippen LogP) is 2.51. The van der Waals surface area contributed by atoms with Crippen LogP contribution >= 0.6 is 0 Å². The molecule has 1 aromatic carbocycles. The molecule has 1 heterocycles. The van der Waals surface area contributed by atoms with E-state index in [4.69, 9.17) is 0 Å². The van der Waals surface area contributed by atoms with Crippen molar-refractivity contribution in [1.82, 2.24) is 10.0 Å². The third-order valence-electron chi connectivity index (χ3n) is 4.20. The van der Waals surface area contributed by atoms with E-state index in [2.05, 4.69) is 10.0 Å². The number of benzene rings is 1. The Morgan fingerprint density at radius 3 is 2.43 bits per heavy atom. The van der Waals surface area contributed by atoms with E-state index >= 15 is 0 Å². The minimum atomic E-state index is -4.56. The first kappa shape index (κ1) is 18.2. The van der Waals surface area contributed by atoms with Crippen LogP contribution in [-0.2, 0) is 22.0 Å². The SMILES string of the molecule is CC1(CNS(=O)(=O)Cc2ccccc2C(F)(F)F)CCNCC1. The van der Waals surface area contributed by atoms with E-state index in [0.717, 1.165) is 32.0 Å². The third-order valence-corrected chi connectivity index (χ3v) is 5.47. The summed E-state index contributed by atoms with van der Waals surface area (Å²) >= 11 is 0. The van der Waals surface area contributed by atoms with Gasteiger partial charge in [0.15, 0.2) is 0 Å². The number of rotatable bonds is 5. The van der Waals surface area contributed by atoms with Crippen LogP contribution in [0.4, 0.5) is 13.2 Å². The molecule has 0 atom stereocenters. The highest BCUT2D eigenvalue weighted by Crippen LogP contribution is 2.32. The van der Waals surface area contributed by atoms with Crippen molar-refractivity contribution >= 4 is 10.0 Å². The molecule has 1 aliphatic rings. The van der Waals surface area contributed by atoms with Crippen molar-refractivity contribution in [3.63, 3.8) is 0 Å². The van der Waals surface area contributed by atoms with Gasteiger partial charge in [0.1, 0.15) is 0 Å². The van der Waals surface area contributed by atoms with Crippen LogP contribution in [0.1, 0.15) is 30.9 Å². The van der Waals surface area contributed by atoms with Gasteiger partial charge in [-0.3, -0.25) is 0 Å². The number of piperidine rings is 1. The minimum Gasteiger partial charge on any atom is -0.317 e. The van der Waals surface area contributed by atoms with Gasteiger partial charge in [-0.15, -0.1) is 0 Å². The zero-order valence-electron chi connectivity index (χ0n) is 12.9. The lowest BCUT2D eigenvalue weighted by Gasteiger charge is -2.34. The average Bonchev–Trinajstić information content (AvgIpc) is 2.45. The summed E-state index contributed by atoms with van der Waals surface area (Å²) in [6.07, 6.45) is -2.91. The fourth-order valence-corrected chi connectivity index (χ4v) is 4.00. The second kappa shape index (κ2) is 6.78. The van der Waals surface area contributed by atoms with Crippen LogP contribution in [0, 0.1) is 5.41 Å². The van der Waals surface area contributed by atoms with Crippen molar-refractivity contribution in [2.24, 2.45) is 5.41 Å². The second-order valence-corrected chi connectivity index (χ2v) is 8.10. The maximum Gasteiger partial charge on any atom is 0.416 e. The molecule has 130 valence electrons. The summed E-state index contributed by atoms with van der Waals surface area (Å²) in [5, 5.41) is 3.20. The molecule has 2 N–H and O–H groups in total. The van der Waals surface area contributed by atoms with Crippen LogP contribution in [-0.4, -0.2) is 28.1 Å². The van der Waals surface area contributed by atoms with E-state index in [1.54, 1.807) is 0 Å². The Labute approximate surface area is 134 Å². The molecule has 0 aliphatic carbocycles. The number of alkyl halides is 3. The zero-order valence-corrected chi connectivity index (χ0v) is 13.7. The Morgan fingerprint density at radius 1 is 1.22 bits per heavy atom. The Bertz CT molecular complexity index is 638. The summed E-state index contributed by atoms with van der Waals surface area (Å²) in [7, 11) is -3.83. The van der Waals surface area contributed by atoms with Crippen LogP contribution in [0.25, 0.3) is 0 Å². The Hall–Kier alpha value is -1.12. The van der Waals surface area contributed by atoms with Crippen molar-refractivity contribution in [3.05, 3.63) is 35.4 Å². The summed E-state index contributed by atoms with van der Waals surface area (Å²) in [5.41, 5.74) is -1.30. The number of hydrogen-bond acceptors (Lipinski definition) is 3. The van der Waals surface area contributed by atoms with E-state index in [1.807, 2.05) is 6.92 Å². The lowest BCUT2D eigenvalue weighted by Crippen LogP contribution is -2.43. The highest BCUT2D eigenvalue weighted by atomic mass is 32.2. The maximum absolute atomic E-state index is 12.9. The standard InChI is InChI=1S/C15H21F3N2O2S/c1-14(6-8-19-9-7-14)11-20-23(21,22)10-12-4-2-3-5-13(12)15(16,17)18/h2-5,19-20H,6-11H2,1H3. The number of sulfonamides is 1. The number of halogens is 3. The van der Waals surface area contributed by atoms with E-state index in [0.29, 0.717) is 0 Å². The van der Waals surface area contributed by atoms with Crippen molar-refractivity contribution in [2.75, 3.05) is 19.6 Å². The van der Waals surface area contributed by atoms with Gasteiger partial charge in [0.25, 0.3) is 0 Å². The average molecular weight is 350 g/mol.